The minimum atomic E-state index is 0. The molecule has 0 spiro atoms. The molecule has 1 aromatic carbocycles. The number of hydrogen-bond donors (Lipinski definition) is 2. The highest BCUT2D eigenvalue weighted by molar-refractivity contribution is 5.85. The Bertz CT molecular complexity index is 256. The Hall–Kier alpha value is -0.770. The zero-order valence-electron chi connectivity index (χ0n) is 8.32. The SMILES string of the molecule is COCCNCc1cccc(N)c1.Cl. The van der Waals surface area contributed by atoms with E-state index in [1.165, 1.54) is 5.56 Å². The van der Waals surface area contributed by atoms with Gasteiger partial charge < -0.3 is 15.8 Å². The van der Waals surface area contributed by atoms with Crippen molar-refractivity contribution in [2.45, 2.75) is 6.54 Å². The van der Waals surface area contributed by atoms with Crippen molar-refractivity contribution in [1.29, 1.82) is 0 Å². The molecule has 0 atom stereocenters. The van der Waals surface area contributed by atoms with E-state index in [1.54, 1.807) is 7.11 Å². The van der Waals surface area contributed by atoms with Crippen molar-refractivity contribution in [3.8, 4) is 0 Å². The van der Waals surface area contributed by atoms with Crippen molar-refractivity contribution in [3.05, 3.63) is 29.8 Å². The molecule has 4 heteroatoms. The molecule has 0 bridgehead atoms. The first-order chi connectivity index (χ1) is 6.33. The van der Waals surface area contributed by atoms with Crippen LogP contribution in [0.4, 0.5) is 5.69 Å². The summed E-state index contributed by atoms with van der Waals surface area (Å²) in [5.74, 6) is 0. The van der Waals surface area contributed by atoms with Gasteiger partial charge in [-0.15, -0.1) is 12.4 Å². The maximum atomic E-state index is 5.64. The van der Waals surface area contributed by atoms with Crippen LogP contribution in [0.25, 0.3) is 0 Å². The molecule has 0 saturated carbocycles. The molecule has 3 nitrogen and oxygen atoms in total. The molecular weight excluding hydrogens is 200 g/mol. The van der Waals surface area contributed by atoms with Crippen LogP contribution < -0.4 is 11.1 Å². The van der Waals surface area contributed by atoms with E-state index >= 15 is 0 Å². The fraction of sp³-hybridized carbons (Fsp3) is 0.400. The summed E-state index contributed by atoms with van der Waals surface area (Å²) in [5.41, 5.74) is 7.65. The lowest BCUT2D eigenvalue weighted by atomic mass is 10.2. The van der Waals surface area contributed by atoms with Crippen molar-refractivity contribution < 1.29 is 4.74 Å². The number of rotatable bonds is 5. The number of methoxy groups -OCH3 is 1. The molecule has 0 saturated heterocycles. The van der Waals surface area contributed by atoms with Gasteiger partial charge in [-0.05, 0) is 17.7 Å². The molecule has 0 heterocycles. The average Bonchev–Trinajstić information content (AvgIpc) is 2.13. The molecule has 0 fully saturated rings. The molecule has 80 valence electrons. The maximum absolute atomic E-state index is 5.64. The fourth-order valence-electron chi connectivity index (χ4n) is 1.11. The van der Waals surface area contributed by atoms with Gasteiger partial charge in [-0.3, -0.25) is 0 Å². The molecule has 0 amide bonds. The average molecular weight is 217 g/mol. The third kappa shape index (κ3) is 5.07. The van der Waals surface area contributed by atoms with Crippen LogP contribution in [0.15, 0.2) is 24.3 Å². The van der Waals surface area contributed by atoms with E-state index < -0.39 is 0 Å². The largest absolute Gasteiger partial charge is 0.399 e. The van der Waals surface area contributed by atoms with E-state index in [4.69, 9.17) is 10.5 Å². The molecule has 0 unspecified atom stereocenters. The van der Waals surface area contributed by atoms with Crippen molar-refractivity contribution in [3.63, 3.8) is 0 Å². The molecule has 0 aliphatic carbocycles. The molecule has 0 aliphatic rings. The van der Waals surface area contributed by atoms with E-state index in [9.17, 15) is 0 Å². The Morgan fingerprint density at radius 2 is 2.21 bits per heavy atom. The van der Waals surface area contributed by atoms with Crippen LogP contribution in [-0.2, 0) is 11.3 Å². The van der Waals surface area contributed by atoms with Gasteiger partial charge in [0, 0.05) is 25.9 Å². The maximum Gasteiger partial charge on any atom is 0.0587 e. The van der Waals surface area contributed by atoms with Crippen LogP contribution in [0, 0.1) is 0 Å². The van der Waals surface area contributed by atoms with E-state index in [1.807, 2.05) is 18.2 Å². The molecule has 3 N–H and O–H groups in total. The summed E-state index contributed by atoms with van der Waals surface area (Å²) >= 11 is 0. The fourth-order valence-corrected chi connectivity index (χ4v) is 1.11. The first-order valence-corrected chi connectivity index (χ1v) is 4.37. The highest BCUT2D eigenvalue weighted by atomic mass is 35.5. The standard InChI is InChI=1S/C10H16N2O.ClH/c1-13-6-5-12-8-9-3-2-4-10(11)7-9;/h2-4,7,12H,5-6,8,11H2,1H3;1H. The Kier molecular flexibility index (Phi) is 7.20. The molecule has 0 aliphatic heterocycles. The lowest BCUT2D eigenvalue weighted by Crippen LogP contribution is -2.18. The Labute approximate surface area is 91.0 Å². The van der Waals surface area contributed by atoms with E-state index in [-0.39, 0.29) is 12.4 Å². The molecule has 1 rings (SSSR count). The third-order valence-electron chi connectivity index (χ3n) is 1.76. The first-order valence-electron chi connectivity index (χ1n) is 4.37. The van der Waals surface area contributed by atoms with E-state index in [0.717, 1.165) is 25.4 Å². The number of benzene rings is 1. The van der Waals surface area contributed by atoms with Gasteiger partial charge in [0.15, 0.2) is 0 Å². The number of hydrogen-bond acceptors (Lipinski definition) is 3. The number of nitrogens with two attached hydrogens (primary N) is 1. The van der Waals surface area contributed by atoms with Gasteiger partial charge in [0.05, 0.1) is 6.61 Å². The Morgan fingerprint density at radius 3 is 2.86 bits per heavy atom. The number of halogens is 1. The second-order valence-electron chi connectivity index (χ2n) is 2.91. The van der Waals surface area contributed by atoms with Crippen LogP contribution in [-0.4, -0.2) is 20.3 Å². The molecule has 1 aromatic rings. The van der Waals surface area contributed by atoms with Crippen molar-refractivity contribution >= 4 is 18.1 Å². The smallest absolute Gasteiger partial charge is 0.0587 e. The van der Waals surface area contributed by atoms with Crippen LogP contribution in [0.5, 0.6) is 0 Å². The van der Waals surface area contributed by atoms with Crippen LogP contribution in [0.2, 0.25) is 0 Å². The zero-order chi connectivity index (χ0) is 9.52. The number of ether oxygens (including phenoxy) is 1. The summed E-state index contributed by atoms with van der Waals surface area (Å²) in [7, 11) is 1.70. The molecule has 0 aromatic heterocycles. The van der Waals surface area contributed by atoms with Gasteiger partial charge in [-0.25, -0.2) is 0 Å². The Balaban J connectivity index is 0.00000169. The summed E-state index contributed by atoms with van der Waals surface area (Å²) in [4.78, 5) is 0. The van der Waals surface area contributed by atoms with Crippen molar-refractivity contribution in [2.24, 2.45) is 0 Å². The normalized spacial score (nSPS) is 9.50. The van der Waals surface area contributed by atoms with Crippen LogP contribution >= 0.6 is 12.4 Å². The summed E-state index contributed by atoms with van der Waals surface area (Å²) in [6.45, 7) is 2.45. The monoisotopic (exact) mass is 216 g/mol. The molecular formula is C10H17ClN2O. The second kappa shape index (κ2) is 7.62. The lowest BCUT2D eigenvalue weighted by Gasteiger charge is -2.04. The number of anilines is 1. The highest BCUT2D eigenvalue weighted by Crippen LogP contribution is 2.05. The zero-order valence-corrected chi connectivity index (χ0v) is 9.14. The van der Waals surface area contributed by atoms with Crippen LogP contribution in [0.1, 0.15) is 5.56 Å². The van der Waals surface area contributed by atoms with Gasteiger partial charge in [0.2, 0.25) is 0 Å². The minimum absolute atomic E-state index is 0. The minimum Gasteiger partial charge on any atom is -0.399 e. The highest BCUT2D eigenvalue weighted by Gasteiger charge is 1.92. The summed E-state index contributed by atoms with van der Waals surface area (Å²) < 4.78 is 4.92. The third-order valence-corrected chi connectivity index (χ3v) is 1.76. The van der Waals surface area contributed by atoms with Crippen LogP contribution in [0.3, 0.4) is 0 Å². The lowest BCUT2D eigenvalue weighted by molar-refractivity contribution is 0.199. The Morgan fingerprint density at radius 1 is 1.43 bits per heavy atom. The van der Waals surface area contributed by atoms with E-state index in [2.05, 4.69) is 11.4 Å². The van der Waals surface area contributed by atoms with Gasteiger partial charge in [0.1, 0.15) is 0 Å². The summed E-state index contributed by atoms with van der Waals surface area (Å²) in [6, 6.07) is 7.87. The van der Waals surface area contributed by atoms with E-state index in [0.29, 0.717) is 0 Å². The van der Waals surface area contributed by atoms with Gasteiger partial charge in [-0.1, -0.05) is 12.1 Å². The predicted molar refractivity (Wildman–Crippen MR) is 61.7 cm³/mol. The number of nitrogen functional groups attached to an aromatic ring is 1. The van der Waals surface area contributed by atoms with Gasteiger partial charge >= 0.3 is 0 Å². The molecule has 0 radical (unpaired) electrons. The topological polar surface area (TPSA) is 47.3 Å². The second-order valence-corrected chi connectivity index (χ2v) is 2.91. The summed E-state index contributed by atoms with van der Waals surface area (Å²) in [5, 5.41) is 3.25. The first kappa shape index (κ1) is 13.2. The van der Waals surface area contributed by atoms with Crippen molar-refractivity contribution in [1.82, 2.24) is 5.32 Å². The van der Waals surface area contributed by atoms with Gasteiger partial charge in [0.25, 0.3) is 0 Å². The summed E-state index contributed by atoms with van der Waals surface area (Å²) in [6.07, 6.45) is 0. The predicted octanol–water partition coefficient (Wildman–Crippen LogP) is 1.43. The van der Waals surface area contributed by atoms with Gasteiger partial charge in [-0.2, -0.15) is 0 Å². The number of nitrogens with one attached hydrogen (secondary N) is 1. The molecule has 14 heavy (non-hydrogen) atoms. The van der Waals surface area contributed by atoms with Crippen molar-refractivity contribution in [2.75, 3.05) is 26.0 Å². The quantitative estimate of drug-likeness (QED) is 0.578.